The summed E-state index contributed by atoms with van der Waals surface area (Å²) >= 11 is 0. The zero-order chi connectivity index (χ0) is 9.84. The third kappa shape index (κ3) is 2.18. The SMILES string of the molecule is C=C(CC)c1ccc(O)c(=O)cc1. The maximum atomic E-state index is 11.0. The van der Waals surface area contributed by atoms with E-state index in [1.54, 1.807) is 12.1 Å². The van der Waals surface area contributed by atoms with Gasteiger partial charge in [0.25, 0.3) is 0 Å². The summed E-state index contributed by atoms with van der Waals surface area (Å²) < 4.78 is 0. The van der Waals surface area contributed by atoms with Crippen molar-refractivity contribution in [1.82, 2.24) is 0 Å². The lowest BCUT2D eigenvalue weighted by Gasteiger charge is -1.96. The van der Waals surface area contributed by atoms with Crippen molar-refractivity contribution in [2.24, 2.45) is 0 Å². The van der Waals surface area contributed by atoms with Crippen LogP contribution >= 0.6 is 0 Å². The van der Waals surface area contributed by atoms with E-state index in [4.69, 9.17) is 5.11 Å². The van der Waals surface area contributed by atoms with Gasteiger partial charge in [0.2, 0.25) is 5.43 Å². The van der Waals surface area contributed by atoms with E-state index in [1.165, 1.54) is 12.1 Å². The van der Waals surface area contributed by atoms with Crippen LogP contribution in [0.4, 0.5) is 0 Å². The molecule has 2 nitrogen and oxygen atoms in total. The Balaban J connectivity index is 3.24. The average molecular weight is 176 g/mol. The number of hydrogen-bond acceptors (Lipinski definition) is 2. The Kier molecular flexibility index (Phi) is 2.85. The Morgan fingerprint density at radius 2 is 2.00 bits per heavy atom. The van der Waals surface area contributed by atoms with Crippen LogP contribution in [-0.4, -0.2) is 5.11 Å². The topological polar surface area (TPSA) is 37.3 Å². The molecule has 0 aromatic heterocycles. The van der Waals surface area contributed by atoms with Crippen LogP contribution in [0.1, 0.15) is 18.9 Å². The molecule has 1 rings (SSSR count). The van der Waals surface area contributed by atoms with Crippen molar-refractivity contribution < 1.29 is 5.11 Å². The van der Waals surface area contributed by atoms with E-state index >= 15 is 0 Å². The molecule has 13 heavy (non-hydrogen) atoms. The molecule has 0 heterocycles. The van der Waals surface area contributed by atoms with E-state index < -0.39 is 0 Å². The fraction of sp³-hybridized carbons (Fsp3) is 0.182. The zero-order valence-electron chi connectivity index (χ0n) is 7.58. The van der Waals surface area contributed by atoms with Crippen molar-refractivity contribution in [3.05, 3.63) is 46.6 Å². The van der Waals surface area contributed by atoms with Crippen molar-refractivity contribution in [2.45, 2.75) is 13.3 Å². The van der Waals surface area contributed by atoms with Crippen molar-refractivity contribution in [1.29, 1.82) is 0 Å². The molecule has 0 aliphatic rings. The van der Waals surface area contributed by atoms with Gasteiger partial charge in [0, 0.05) is 0 Å². The summed E-state index contributed by atoms with van der Waals surface area (Å²) in [6, 6.07) is 6.13. The van der Waals surface area contributed by atoms with E-state index in [0.717, 1.165) is 17.6 Å². The highest BCUT2D eigenvalue weighted by Gasteiger charge is 1.96. The Hall–Kier alpha value is -1.57. The molecular formula is C11H12O2. The first-order chi connectivity index (χ1) is 6.15. The molecule has 0 fully saturated rings. The first-order valence-corrected chi connectivity index (χ1v) is 4.16. The van der Waals surface area contributed by atoms with E-state index in [9.17, 15) is 4.79 Å². The second-order valence-corrected chi connectivity index (χ2v) is 2.83. The summed E-state index contributed by atoms with van der Waals surface area (Å²) in [5.41, 5.74) is 1.48. The monoisotopic (exact) mass is 176 g/mol. The van der Waals surface area contributed by atoms with Gasteiger partial charge in [0.1, 0.15) is 0 Å². The smallest absolute Gasteiger partial charge is 0.220 e. The Bertz CT molecular complexity index is 380. The molecule has 0 radical (unpaired) electrons. The van der Waals surface area contributed by atoms with Crippen molar-refractivity contribution in [3.63, 3.8) is 0 Å². The predicted molar refractivity (Wildman–Crippen MR) is 53.7 cm³/mol. The number of hydrogen-bond donors (Lipinski definition) is 1. The molecular weight excluding hydrogens is 164 g/mol. The minimum absolute atomic E-state index is 0.227. The minimum atomic E-state index is -0.366. The second kappa shape index (κ2) is 3.90. The van der Waals surface area contributed by atoms with E-state index in [-0.39, 0.29) is 11.2 Å². The quantitative estimate of drug-likeness (QED) is 0.749. The Morgan fingerprint density at radius 1 is 1.38 bits per heavy atom. The molecule has 0 atom stereocenters. The number of rotatable bonds is 2. The fourth-order valence-electron chi connectivity index (χ4n) is 0.997. The number of aromatic hydroxyl groups is 1. The molecule has 0 aliphatic heterocycles. The van der Waals surface area contributed by atoms with Crippen molar-refractivity contribution >= 4 is 5.57 Å². The first-order valence-electron chi connectivity index (χ1n) is 4.16. The lowest BCUT2D eigenvalue weighted by molar-refractivity contribution is 0.471. The normalized spacial score (nSPS) is 9.62. The molecule has 0 aliphatic carbocycles. The predicted octanol–water partition coefficient (Wildman–Crippen LogP) is 2.18. The maximum Gasteiger partial charge on any atom is 0.220 e. The van der Waals surface area contributed by atoms with Gasteiger partial charge in [-0.3, -0.25) is 4.79 Å². The summed E-state index contributed by atoms with van der Waals surface area (Å²) in [7, 11) is 0. The molecule has 1 aromatic carbocycles. The van der Waals surface area contributed by atoms with Crippen LogP contribution < -0.4 is 5.43 Å². The van der Waals surface area contributed by atoms with Crippen LogP contribution in [0.25, 0.3) is 5.57 Å². The van der Waals surface area contributed by atoms with E-state index in [0.29, 0.717) is 0 Å². The lowest BCUT2D eigenvalue weighted by Crippen LogP contribution is -1.91. The minimum Gasteiger partial charge on any atom is -0.504 e. The first kappa shape index (κ1) is 9.52. The van der Waals surface area contributed by atoms with Crippen LogP contribution in [0, 0.1) is 0 Å². The average Bonchev–Trinajstić information content (AvgIpc) is 2.30. The van der Waals surface area contributed by atoms with Crippen LogP contribution in [0.15, 0.2) is 35.6 Å². The van der Waals surface area contributed by atoms with Gasteiger partial charge in [-0.15, -0.1) is 0 Å². The largest absolute Gasteiger partial charge is 0.504 e. The van der Waals surface area contributed by atoms with E-state index in [2.05, 4.69) is 6.58 Å². The molecule has 0 spiro atoms. The highest BCUT2D eigenvalue weighted by Crippen LogP contribution is 2.14. The van der Waals surface area contributed by atoms with Gasteiger partial charge in [-0.25, -0.2) is 0 Å². The molecule has 2 heteroatoms. The van der Waals surface area contributed by atoms with Gasteiger partial charge in [0.15, 0.2) is 5.75 Å². The van der Waals surface area contributed by atoms with E-state index in [1.807, 2.05) is 6.92 Å². The van der Waals surface area contributed by atoms with Gasteiger partial charge in [-0.05, 0) is 29.7 Å². The highest BCUT2D eigenvalue weighted by molar-refractivity contribution is 5.62. The molecule has 1 N–H and O–H groups in total. The highest BCUT2D eigenvalue weighted by atomic mass is 16.3. The summed E-state index contributed by atoms with van der Waals surface area (Å²) in [4.78, 5) is 11.0. The van der Waals surface area contributed by atoms with Gasteiger partial charge in [-0.1, -0.05) is 25.6 Å². The molecule has 0 amide bonds. The lowest BCUT2D eigenvalue weighted by atomic mass is 10.1. The maximum absolute atomic E-state index is 11.0. The molecule has 0 unspecified atom stereocenters. The number of allylic oxidation sites excluding steroid dienone is 1. The van der Waals surface area contributed by atoms with Gasteiger partial charge in [0.05, 0.1) is 0 Å². The summed E-state index contributed by atoms with van der Waals surface area (Å²) in [6.45, 7) is 5.84. The fourth-order valence-corrected chi connectivity index (χ4v) is 0.997. The Morgan fingerprint density at radius 3 is 2.62 bits per heavy atom. The standard InChI is InChI=1S/C11H12O2/c1-3-8(2)9-4-6-10(12)11(13)7-5-9/h4-7H,2-3H2,1H3,(H,12,13). The molecule has 0 saturated carbocycles. The van der Waals surface area contributed by atoms with Crippen molar-refractivity contribution in [3.8, 4) is 5.75 Å². The van der Waals surface area contributed by atoms with Crippen LogP contribution in [0.2, 0.25) is 0 Å². The third-order valence-corrected chi connectivity index (χ3v) is 1.92. The van der Waals surface area contributed by atoms with Crippen molar-refractivity contribution in [2.75, 3.05) is 0 Å². The second-order valence-electron chi connectivity index (χ2n) is 2.83. The third-order valence-electron chi connectivity index (χ3n) is 1.92. The molecule has 1 aromatic rings. The Labute approximate surface area is 77.2 Å². The van der Waals surface area contributed by atoms with Crippen LogP contribution in [0.5, 0.6) is 5.75 Å². The van der Waals surface area contributed by atoms with Gasteiger partial charge >= 0.3 is 0 Å². The molecule has 0 saturated heterocycles. The summed E-state index contributed by atoms with van der Waals surface area (Å²) in [5, 5.41) is 9.12. The van der Waals surface area contributed by atoms with Gasteiger partial charge in [-0.2, -0.15) is 0 Å². The molecule has 0 bridgehead atoms. The summed E-state index contributed by atoms with van der Waals surface area (Å²) in [5.74, 6) is -0.227. The van der Waals surface area contributed by atoms with Gasteiger partial charge < -0.3 is 5.11 Å². The summed E-state index contributed by atoms with van der Waals surface area (Å²) in [6.07, 6.45) is 0.832. The molecule has 68 valence electrons. The van der Waals surface area contributed by atoms with Crippen LogP contribution in [0.3, 0.4) is 0 Å². The zero-order valence-corrected chi connectivity index (χ0v) is 7.58. The van der Waals surface area contributed by atoms with Crippen LogP contribution in [-0.2, 0) is 0 Å².